The van der Waals surface area contributed by atoms with Gasteiger partial charge in [0.25, 0.3) is 0 Å². The summed E-state index contributed by atoms with van der Waals surface area (Å²) in [6.07, 6.45) is 1.43. The molecule has 0 saturated heterocycles. The van der Waals surface area contributed by atoms with Gasteiger partial charge in [-0.1, -0.05) is 0 Å². The third kappa shape index (κ3) is 4.28. The molecule has 0 bridgehead atoms. The zero-order valence-corrected chi connectivity index (χ0v) is 10.1. The highest BCUT2D eigenvalue weighted by Gasteiger charge is 2.13. The summed E-state index contributed by atoms with van der Waals surface area (Å²) < 4.78 is 5.14. The molecule has 0 fully saturated rings. The van der Waals surface area contributed by atoms with Crippen molar-refractivity contribution in [3.63, 3.8) is 0 Å². The summed E-state index contributed by atoms with van der Waals surface area (Å²) >= 11 is 0. The summed E-state index contributed by atoms with van der Waals surface area (Å²) in [6.45, 7) is 3.73. The van der Waals surface area contributed by atoms with Gasteiger partial charge in [-0.3, -0.25) is 4.79 Å². The summed E-state index contributed by atoms with van der Waals surface area (Å²) in [4.78, 5) is 25.9. The molecule has 1 unspecified atom stereocenters. The maximum absolute atomic E-state index is 11.4. The standard InChI is InChI=1S/C11H15N3O4/c1-3-18-9-5-4-8(6-12-9)14-11(17)13-7(2)10(15)16/h4-7H,3H2,1-2H3,(H,15,16)(H2,13,14,17). The SMILES string of the molecule is CCOc1ccc(NC(=O)NC(C)C(=O)O)cn1. The molecule has 0 aliphatic rings. The molecule has 0 spiro atoms. The lowest BCUT2D eigenvalue weighted by atomic mass is 10.3. The van der Waals surface area contributed by atoms with E-state index in [9.17, 15) is 9.59 Å². The lowest BCUT2D eigenvalue weighted by molar-refractivity contribution is -0.138. The number of hydrogen-bond donors (Lipinski definition) is 3. The van der Waals surface area contributed by atoms with Crippen LogP contribution >= 0.6 is 0 Å². The highest BCUT2D eigenvalue weighted by molar-refractivity contribution is 5.91. The van der Waals surface area contributed by atoms with Crippen LogP contribution in [0.15, 0.2) is 18.3 Å². The van der Waals surface area contributed by atoms with Crippen molar-refractivity contribution in [1.29, 1.82) is 0 Å². The number of carbonyl (C=O) groups is 2. The van der Waals surface area contributed by atoms with Crippen LogP contribution in [0.1, 0.15) is 13.8 Å². The molecule has 98 valence electrons. The largest absolute Gasteiger partial charge is 0.480 e. The molecule has 1 aromatic heterocycles. The molecule has 3 N–H and O–H groups in total. The first-order valence-corrected chi connectivity index (χ1v) is 5.42. The predicted molar refractivity (Wildman–Crippen MR) is 64.7 cm³/mol. The van der Waals surface area contributed by atoms with Crippen LogP contribution in [-0.2, 0) is 4.79 Å². The van der Waals surface area contributed by atoms with Gasteiger partial charge in [0.15, 0.2) is 0 Å². The molecule has 1 rings (SSSR count). The predicted octanol–water partition coefficient (Wildman–Crippen LogP) is 1.07. The number of amides is 2. The third-order valence-electron chi connectivity index (χ3n) is 2.00. The summed E-state index contributed by atoms with van der Waals surface area (Å²) in [7, 11) is 0. The van der Waals surface area contributed by atoms with Gasteiger partial charge in [0.1, 0.15) is 6.04 Å². The van der Waals surface area contributed by atoms with E-state index in [2.05, 4.69) is 15.6 Å². The Morgan fingerprint density at radius 1 is 1.50 bits per heavy atom. The summed E-state index contributed by atoms with van der Waals surface area (Å²) in [5.74, 6) is -0.641. The second kappa shape index (κ2) is 6.43. The van der Waals surface area contributed by atoms with Crippen LogP contribution in [0.2, 0.25) is 0 Å². The molecule has 1 heterocycles. The highest BCUT2D eigenvalue weighted by Crippen LogP contribution is 2.11. The maximum Gasteiger partial charge on any atom is 0.325 e. The van der Waals surface area contributed by atoms with Gasteiger partial charge in [0, 0.05) is 6.07 Å². The number of aromatic nitrogens is 1. The van der Waals surface area contributed by atoms with Crippen molar-refractivity contribution in [3.8, 4) is 5.88 Å². The van der Waals surface area contributed by atoms with E-state index in [0.29, 0.717) is 18.2 Å². The maximum atomic E-state index is 11.4. The Bertz CT molecular complexity index is 419. The Morgan fingerprint density at radius 2 is 2.22 bits per heavy atom. The average Bonchev–Trinajstić information content (AvgIpc) is 2.31. The number of carboxylic acid groups (broad SMARTS) is 1. The molecule has 0 radical (unpaired) electrons. The second-order valence-electron chi connectivity index (χ2n) is 3.48. The first-order chi connectivity index (χ1) is 8.52. The molecule has 0 saturated carbocycles. The number of nitrogens with one attached hydrogen (secondary N) is 2. The molecule has 1 atom stereocenters. The molecule has 0 aromatic carbocycles. The van der Waals surface area contributed by atoms with Crippen LogP contribution in [0, 0.1) is 0 Å². The highest BCUT2D eigenvalue weighted by atomic mass is 16.5. The first kappa shape index (κ1) is 13.8. The molecule has 7 nitrogen and oxygen atoms in total. The van der Waals surface area contributed by atoms with Gasteiger partial charge in [-0.25, -0.2) is 9.78 Å². The van der Waals surface area contributed by atoms with Gasteiger partial charge in [-0.05, 0) is 19.9 Å². The van der Waals surface area contributed by atoms with Gasteiger partial charge in [0.2, 0.25) is 5.88 Å². The van der Waals surface area contributed by atoms with E-state index in [0.717, 1.165) is 0 Å². The Balaban J connectivity index is 2.51. The number of hydrogen-bond acceptors (Lipinski definition) is 4. The van der Waals surface area contributed by atoms with E-state index in [4.69, 9.17) is 9.84 Å². The number of nitrogens with zero attached hydrogens (tertiary/aromatic N) is 1. The van der Waals surface area contributed by atoms with Crippen LogP contribution in [0.4, 0.5) is 10.5 Å². The number of carboxylic acids is 1. The molecule has 0 aliphatic carbocycles. The zero-order valence-electron chi connectivity index (χ0n) is 10.1. The molecular formula is C11H15N3O4. The molecule has 1 aromatic rings. The lowest BCUT2D eigenvalue weighted by Crippen LogP contribution is -2.40. The normalized spacial score (nSPS) is 11.4. The van der Waals surface area contributed by atoms with Crippen molar-refractivity contribution in [1.82, 2.24) is 10.3 Å². The lowest BCUT2D eigenvalue weighted by Gasteiger charge is -2.10. The number of anilines is 1. The smallest absolute Gasteiger partial charge is 0.325 e. The number of pyridine rings is 1. The second-order valence-corrected chi connectivity index (χ2v) is 3.48. The topological polar surface area (TPSA) is 101 Å². The van der Waals surface area contributed by atoms with Gasteiger partial charge >= 0.3 is 12.0 Å². The van der Waals surface area contributed by atoms with Crippen molar-refractivity contribution >= 4 is 17.7 Å². The van der Waals surface area contributed by atoms with Crippen molar-refractivity contribution in [2.45, 2.75) is 19.9 Å². The van der Waals surface area contributed by atoms with Crippen LogP contribution in [0.5, 0.6) is 5.88 Å². The molecular weight excluding hydrogens is 238 g/mol. The summed E-state index contributed by atoms with van der Waals surface area (Å²) in [5, 5.41) is 13.3. The number of rotatable bonds is 5. The number of ether oxygens (including phenoxy) is 1. The third-order valence-corrected chi connectivity index (χ3v) is 2.00. The van der Waals surface area contributed by atoms with E-state index in [1.165, 1.54) is 13.1 Å². The average molecular weight is 253 g/mol. The van der Waals surface area contributed by atoms with Crippen molar-refractivity contribution in [2.75, 3.05) is 11.9 Å². The van der Waals surface area contributed by atoms with E-state index in [1.807, 2.05) is 6.92 Å². The minimum atomic E-state index is -1.10. The Morgan fingerprint density at radius 3 is 2.72 bits per heavy atom. The van der Waals surface area contributed by atoms with E-state index >= 15 is 0 Å². The van der Waals surface area contributed by atoms with Gasteiger partial charge < -0.3 is 20.5 Å². The van der Waals surface area contributed by atoms with Crippen molar-refractivity contribution in [3.05, 3.63) is 18.3 Å². The zero-order chi connectivity index (χ0) is 13.5. The van der Waals surface area contributed by atoms with E-state index < -0.39 is 18.0 Å². The molecule has 2 amide bonds. The number of urea groups is 1. The Hall–Kier alpha value is -2.31. The molecule has 18 heavy (non-hydrogen) atoms. The van der Waals surface area contributed by atoms with Crippen LogP contribution in [-0.4, -0.2) is 34.7 Å². The summed E-state index contributed by atoms with van der Waals surface area (Å²) in [5.41, 5.74) is 0.452. The van der Waals surface area contributed by atoms with E-state index in [-0.39, 0.29) is 0 Å². The minimum absolute atomic E-state index is 0.452. The van der Waals surface area contributed by atoms with Crippen molar-refractivity contribution < 1.29 is 19.4 Å². The summed E-state index contributed by atoms with van der Waals surface area (Å²) in [6, 6.07) is 1.67. The number of carbonyl (C=O) groups excluding carboxylic acids is 1. The van der Waals surface area contributed by atoms with Crippen LogP contribution in [0.3, 0.4) is 0 Å². The minimum Gasteiger partial charge on any atom is -0.480 e. The fraction of sp³-hybridized carbons (Fsp3) is 0.364. The van der Waals surface area contributed by atoms with Crippen LogP contribution in [0.25, 0.3) is 0 Å². The quantitative estimate of drug-likeness (QED) is 0.728. The fourth-order valence-corrected chi connectivity index (χ4v) is 1.11. The molecule has 0 aliphatic heterocycles. The van der Waals surface area contributed by atoms with Crippen LogP contribution < -0.4 is 15.4 Å². The Kier molecular flexibility index (Phi) is 4.91. The Labute approximate surface area is 104 Å². The van der Waals surface area contributed by atoms with E-state index in [1.54, 1.807) is 12.1 Å². The van der Waals surface area contributed by atoms with Gasteiger partial charge in [-0.2, -0.15) is 0 Å². The van der Waals surface area contributed by atoms with Gasteiger partial charge in [-0.15, -0.1) is 0 Å². The van der Waals surface area contributed by atoms with Crippen molar-refractivity contribution in [2.24, 2.45) is 0 Å². The fourth-order valence-electron chi connectivity index (χ4n) is 1.11. The first-order valence-electron chi connectivity index (χ1n) is 5.42. The molecule has 7 heteroatoms. The van der Waals surface area contributed by atoms with Gasteiger partial charge in [0.05, 0.1) is 18.5 Å². The monoisotopic (exact) mass is 253 g/mol. The number of aliphatic carboxylic acids is 1.